The van der Waals surface area contributed by atoms with Crippen LogP contribution in [0.1, 0.15) is 7.12 Å². The van der Waals surface area contributed by atoms with Crippen molar-refractivity contribution >= 4 is 5.97 Å². The monoisotopic (exact) mass is 163 g/mol. The van der Waals surface area contributed by atoms with Crippen LogP contribution in [0.5, 0.6) is 0 Å². The summed E-state index contributed by atoms with van der Waals surface area (Å²) in [4.78, 5) is 16.8. The number of imidazole rings is 1. The van der Waals surface area contributed by atoms with Crippen molar-refractivity contribution in [2.75, 3.05) is 0 Å². The summed E-state index contributed by atoms with van der Waals surface area (Å²) in [6.45, 7) is 0. The van der Waals surface area contributed by atoms with E-state index in [1.54, 1.807) is 6.20 Å². The molecule has 1 aromatic rings. The van der Waals surface area contributed by atoms with Gasteiger partial charge in [0.2, 0.25) is 0 Å². The standard InChI is InChI=1S/C6H9N3O2.Li.H/c7-5(6(10)11)1-4-2-8-3-9-4;;/h2-3,5H,1,7H2,(H,8,9)(H,10,11);;/q;+1;-1. The molecule has 0 saturated carbocycles. The molecule has 0 aliphatic rings. The summed E-state index contributed by atoms with van der Waals surface area (Å²) >= 11 is 0. The number of nitrogens with zero attached hydrogens (tertiary/aromatic N) is 1. The van der Waals surface area contributed by atoms with Crippen LogP contribution >= 0.6 is 0 Å². The van der Waals surface area contributed by atoms with Crippen molar-refractivity contribution in [1.29, 1.82) is 0 Å². The Morgan fingerprint density at radius 1 is 1.92 bits per heavy atom. The number of hydrogen-bond donors (Lipinski definition) is 3. The number of carbonyl (C=O) groups is 1. The van der Waals surface area contributed by atoms with E-state index in [1.165, 1.54) is 6.33 Å². The molecule has 4 N–H and O–H groups in total. The van der Waals surface area contributed by atoms with Gasteiger partial charge in [0.15, 0.2) is 0 Å². The van der Waals surface area contributed by atoms with Crippen LogP contribution < -0.4 is 24.6 Å². The Hall–Kier alpha value is -0.763. The molecule has 5 nitrogen and oxygen atoms in total. The molecule has 0 fully saturated rings. The van der Waals surface area contributed by atoms with Gasteiger partial charge in [-0.2, -0.15) is 0 Å². The number of aromatic amines is 1. The van der Waals surface area contributed by atoms with Crippen LogP contribution in [-0.4, -0.2) is 27.1 Å². The number of hydrogen-bond acceptors (Lipinski definition) is 3. The van der Waals surface area contributed by atoms with Crippen molar-refractivity contribution in [1.82, 2.24) is 9.97 Å². The molecule has 12 heavy (non-hydrogen) atoms. The number of aliphatic carboxylic acids is 1. The maximum Gasteiger partial charge on any atom is 1.00 e. The second-order valence-corrected chi connectivity index (χ2v) is 2.23. The zero-order valence-electron chi connectivity index (χ0n) is 7.82. The molecule has 0 amide bonds. The number of nitrogens with one attached hydrogen (secondary N) is 1. The Balaban J connectivity index is 0. The second-order valence-electron chi connectivity index (χ2n) is 2.23. The van der Waals surface area contributed by atoms with Crippen LogP contribution in [0.3, 0.4) is 0 Å². The fourth-order valence-electron chi connectivity index (χ4n) is 0.721. The molecule has 1 unspecified atom stereocenters. The van der Waals surface area contributed by atoms with Gasteiger partial charge in [0.25, 0.3) is 0 Å². The molecular weight excluding hydrogens is 153 g/mol. The fraction of sp³-hybridized carbons (Fsp3) is 0.333. The van der Waals surface area contributed by atoms with Crippen LogP contribution in [0, 0.1) is 0 Å². The summed E-state index contributed by atoms with van der Waals surface area (Å²) in [5, 5.41) is 8.42. The average Bonchev–Trinajstić information content (AvgIpc) is 2.39. The van der Waals surface area contributed by atoms with Crippen molar-refractivity contribution in [3.05, 3.63) is 18.2 Å². The average molecular weight is 163 g/mol. The van der Waals surface area contributed by atoms with E-state index in [2.05, 4.69) is 9.97 Å². The first-order valence-electron chi connectivity index (χ1n) is 3.16. The topological polar surface area (TPSA) is 92.0 Å². The Kier molecular flexibility index (Phi) is 4.67. The van der Waals surface area contributed by atoms with Gasteiger partial charge in [-0.1, -0.05) is 0 Å². The van der Waals surface area contributed by atoms with E-state index >= 15 is 0 Å². The summed E-state index contributed by atoms with van der Waals surface area (Å²) in [7, 11) is 0. The molecule has 0 saturated heterocycles. The number of rotatable bonds is 3. The van der Waals surface area contributed by atoms with E-state index in [-0.39, 0.29) is 26.7 Å². The summed E-state index contributed by atoms with van der Waals surface area (Å²) in [5.41, 5.74) is 6.00. The largest absolute Gasteiger partial charge is 1.00 e. The van der Waals surface area contributed by atoms with Gasteiger partial charge in [-0.15, -0.1) is 0 Å². The van der Waals surface area contributed by atoms with Gasteiger partial charge >= 0.3 is 24.8 Å². The van der Waals surface area contributed by atoms with E-state index in [0.717, 1.165) is 5.69 Å². The van der Waals surface area contributed by atoms with E-state index in [4.69, 9.17) is 10.8 Å². The first-order valence-corrected chi connectivity index (χ1v) is 3.16. The minimum Gasteiger partial charge on any atom is -1.00 e. The predicted molar refractivity (Wildman–Crippen MR) is 39.0 cm³/mol. The van der Waals surface area contributed by atoms with Crippen LogP contribution in [-0.2, 0) is 11.2 Å². The molecule has 6 heteroatoms. The van der Waals surface area contributed by atoms with E-state index < -0.39 is 12.0 Å². The Morgan fingerprint density at radius 2 is 2.58 bits per heavy atom. The Morgan fingerprint density at radius 3 is 3.00 bits per heavy atom. The first kappa shape index (κ1) is 11.2. The smallest absolute Gasteiger partial charge is 1.00 e. The first-order chi connectivity index (χ1) is 5.20. The zero-order valence-corrected chi connectivity index (χ0v) is 6.82. The number of aromatic nitrogens is 2. The van der Waals surface area contributed by atoms with Gasteiger partial charge in [0, 0.05) is 18.3 Å². The normalized spacial score (nSPS) is 11.8. The van der Waals surface area contributed by atoms with Gasteiger partial charge in [0.05, 0.1) is 6.33 Å². The number of carboxylic acid groups (broad SMARTS) is 1. The molecule has 0 radical (unpaired) electrons. The van der Waals surface area contributed by atoms with Gasteiger partial charge in [-0.3, -0.25) is 4.79 Å². The maximum atomic E-state index is 10.3. The SMILES string of the molecule is NC(Cc1cnc[nH]1)C(=O)O.[H-].[Li+]. The summed E-state index contributed by atoms with van der Waals surface area (Å²) in [6.07, 6.45) is 3.34. The van der Waals surface area contributed by atoms with E-state index in [1.807, 2.05) is 0 Å². The number of nitrogens with two attached hydrogens (primary N) is 1. The molecule has 1 atom stereocenters. The van der Waals surface area contributed by atoms with Crippen molar-refractivity contribution < 1.29 is 30.2 Å². The van der Waals surface area contributed by atoms with Gasteiger partial charge < -0.3 is 17.3 Å². The Labute approximate surface area is 83.0 Å². The summed E-state index contributed by atoms with van der Waals surface area (Å²) in [6, 6.07) is -0.851. The second kappa shape index (κ2) is 4.99. The van der Waals surface area contributed by atoms with Crippen LogP contribution in [0.4, 0.5) is 0 Å². The molecule has 1 aromatic heterocycles. The number of H-pyrrole nitrogens is 1. The van der Waals surface area contributed by atoms with Crippen LogP contribution in [0.2, 0.25) is 0 Å². The van der Waals surface area contributed by atoms with Gasteiger partial charge in [-0.25, -0.2) is 4.98 Å². The minimum atomic E-state index is -1.00. The maximum absolute atomic E-state index is 10.3. The molecule has 62 valence electrons. The summed E-state index contributed by atoms with van der Waals surface area (Å²) < 4.78 is 0. The fourth-order valence-corrected chi connectivity index (χ4v) is 0.721. The predicted octanol–water partition coefficient (Wildman–Crippen LogP) is -3.52. The molecule has 0 bridgehead atoms. The molecule has 0 aromatic carbocycles. The molecular formula is C6H10LiN3O2. The molecule has 0 aliphatic carbocycles. The van der Waals surface area contributed by atoms with Crippen molar-refractivity contribution in [3.8, 4) is 0 Å². The molecule has 0 spiro atoms. The third-order valence-corrected chi connectivity index (χ3v) is 1.31. The minimum absolute atomic E-state index is 0. The van der Waals surface area contributed by atoms with Gasteiger partial charge in [-0.05, 0) is 0 Å². The summed E-state index contributed by atoms with van der Waals surface area (Å²) in [5.74, 6) is -1.00. The number of carboxylic acids is 1. The molecule has 1 rings (SSSR count). The third kappa shape index (κ3) is 3.09. The Bertz CT molecular complexity index is 242. The van der Waals surface area contributed by atoms with Gasteiger partial charge in [0.1, 0.15) is 6.04 Å². The molecule has 1 heterocycles. The van der Waals surface area contributed by atoms with Crippen LogP contribution in [0.25, 0.3) is 0 Å². The molecule has 0 aliphatic heterocycles. The van der Waals surface area contributed by atoms with Crippen molar-refractivity contribution in [2.24, 2.45) is 5.73 Å². The van der Waals surface area contributed by atoms with Crippen molar-refractivity contribution in [2.45, 2.75) is 12.5 Å². The quantitative estimate of drug-likeness (QED) is 0.403. The van der Waals surface area contributed by atoms with E-state index in [9.17, 15) is 4.79 Å². The zero-order chi connectivity index (χ0) is 8.27. The van der Waals surface area contributed by atoms with E-state index in [0.29, 0.717) is 0 Å². The van der Waals surface area contributed by atoms with Crippen molar-refractivity contribution in [3.63, 3.8) is 0 Å². The van der Waals surface area contributed by atoms with Crippen LogP contribution in [0.15, 0.2) is 12.5 Å². The third-order valence-electron chi connectivity index (χ3n) is 1.31.